The fraction of sp³-hybridized carbons (Fsp3) is 0.200. The monoisotopic (exact) mass is 100 g/mol. The molecule has 0 rings (SSSR count). The van der Waals surface area contributed by atoms with Crippen LogP contribution in [-0.4, -0.2) is 11.1 Å². The Labute approximate surface area is 42.8 Å². The van der Waals surface area contributed by atoms with Crippen molar-refractivity contribution < 1.29 is 9.90 Å². The number of carboxylic acids is 1. The van der Waals surface area contributed by atoms with Crippen LogP contribution in [0.1, 0.15) is 6.92 Å². The molecule has 0 fully saturated rings. The van der Waals surface area contributed by atoms with E-state index in [1.807, 2.05) is 0 Å². The quantitative estimate of drug-likeness (QED) is 0.462. The van der Waals surface area contributed by atoms with Crippen LogP contribution >= 0.6 is 0 Å². The van der Waals surface area contributed by atoms with Crippen LogP contribution < -0.4 is 0 Å². The van der Waals surface area contributed by atoms with Crippen molar-refractivity contribution >= 4 is 5.97 Å². The minimum absolute atomic E-state index is 0.833. The number of hydrogen-bond donors (Lipinski definition) is 1. The van der Waals surface area contributed by atoms with Crippen LogP contribution in [0.4, 0.5) is 0 Å². The second kappa shape index (κ2) is 8.89. The smallest absolute Gasteiger partial charge is 0.300 e. The highest BCUT2D eigenvalue weighted by molar-refractivity contribution is 5.62. The highest BCUT2D eigenvalue weighted by Crippen LogP contribution is 1.42. The molecule has 40 valence electrons. The van der Waals surface area contributed by atoms with Crippen LogP contribution in [0.15, 0.2) is 18.9 Å². The molecule has 2 heteroatoms. The van der Waals surface area contributed by atoms with Crippen molar-refractivity contribution in [2.45, 2.75) is 6.92 Å². The lowest BCUT2D eigenvalue weighted by atomic mass is 10.9. The predicted molar refractivity (Wildman–Crippen MR) is 28.1 cm³/mol. The van der Waals surface area contributed by atoms with Crippen LogP contribution in [0.3, 0.4) is 0 Å². The van der Waals surface area contributed by atoms with Gasteiger partial charge < -0.3 is 5.11 Å². The number of carboxylic acid groups (broad SMARTS) is 1. The van der Waals surface area contributed by atoms with Gasteiger partial charge in [-0.05, 0) is 0 Å². The maximum Gasteiger partial charge on any atom is 0.300 e. The fourth-order valence-corrected chi connectivity index (χ4v) is 0. The zero-order valence-electron chi connectivity index (χ0n) is 4.27. The summed E-state index contributed by atoms with van der Waals surface area (Å²) in [7, 11) is 0. The first-order valence-electron chi connectivity index (χ1n) is 1.63. The minimum atomic E-state index is -0.833. The van der Waals surface area contributed by atoms with E-state index in [1.54, 1.807) is 0 Å². The molecule has 0 atom stereocenters. The molecule has 0 aromatic rings. The Morgan fingerprint density at radius 3 is 1.71 bits per heavy atom. The second-order valence-electron chi connectivity index (χ2n) is 0.769. The van der Waals surface area contributed by atoms with Crippen molar-refractivity contribution in [1.82, 2.24) is 0 Å². The molecule has 0 radical (unpaired) electrons. The van der Waals surface area contributed by atoms with Crippen molar-refractivity contribution in [3.8, 4) is 0 Å². The first-order chi connectivity index (χ1) is 3.15. The molecule has 7 heavy (non-hydrogen) atoms. The number of rotatable bonds is 0. The number of hydrogen-bond acceptors (Lipinski definition) is 1. The molecule has 0 heterocycles. The molecular formula is C5H8O2. The van der Waals surface area contributed by atoms with Crippen molar-refractivity contribution in [3.63, 3.8) is 0 Å². The van der Waals surface area contributed by atoms with E-state index < -0.39 is 5.97 Å². The van der Waals surface area contributed by atoms with Crippen molar-refractivity contribution in [2.75, 3.05) is 0 Å². The van der Waals surface area contributed by atoms with Gasteiger partial charge in [-0.25, -0.2) is 0 Å². The van der Waals surface area contributed by atoms with Gasteiger partial charge in [0.15, 0.2) is 0 Å². The van der Waals surface area contributed by atoms with Gasteiger partial charge in [-0.15, -0.1) is 5.73 Å². The zero-order chi connectivity index (χ0) is 6.28. The van der Waals surface area contributed by atoms with E-state index in [0.29, 0.717) is 0 Å². The van der Waals surface area contributed by atoms with Crippen molar-refractivity contribution in [1.29, 1.82) is 0 Å². The van der Waals surface area contributed by atoms with E-state index in [0.717, 1.165) is 6.92 Å². The molecular weight excluding hydrogens is 92.1 g/mol. The topological polar surface area (TPSA) is 37.3 Å². The highest BCUT2D eigenvalue weighted by Gasteiger charge is 1.65. The van der Waals surface area contributed by atoms with Crippen LogP contribution in [0, 0.1) is 0 Å². The Balaban J connectivity index is 0. The van der Waals surface area contributed by atoms with E-state index >= 15 is 0 Å². The maximum absolute atomic E-state index is 9.00. The molecule has 0 aliphatic heterocycles. The Kier molecular flexibility index (Phi) is 11.9. The largest absolute Gasteiger partial charge is 0.481 e. The lowest BCUT2D eigenvalue weighted by molar-refractivity contribution is -0.134. The highest BCUT2D eigenvalue weighted by atomic mass is 16.4. The van der Waals surface area contributed by atoms with Gasteiger partial charge in [-0.2, -0.15) is 0 Å². The normalized spacial score (nSPS) is 4.71. The zero-order valence-corrected chi connectivity index (χ0v) is 4.27. The van der Waals surface area contributed by atoms with Gasteiger partial charge in [-0.1, -0.05) is 13.2 Å². The Morgan fingerprint density at radius 1 is 1.71 bits per heavy atom. The second-order valence-corrected chi connectivity index (χ2v) is 0.769. The average Bonchev–Trinajstić information content (AvgIpc) is 1.33. The molecule has 0 aliphatic carbocycles. The van der Waals surface area contributed by atoms with Crippen LogP contribution in [-0.2, 0) is 4.79 Å². The maximum atomic E-state index is 9.00. The van der Waals surface area contributed by atoms with E-state index in [2.05, 4.69) is 18.9 Å². The summed E-state index contributed by atoms with van der Waals surface area (Å²) in [5, 5.41) is 7.42. The summed E-state index contributed by atoms with van der Waals surface area (Å²) in [6, 6.07) is 0. The summed E-state index contributed by atoms with van der Waals surface area (Å²) >= 11 is 0. The molecule has 0 amide bonds. The summed E-state index contributed by atoms with van der Waals surface area (Å²) in [5.41, 5.74) is 2.25. The van der Waals surface area contributed by atoms with E-state index in [1.165, 1.54) is 0 Å². The lowest BCUT2D eigenvalue weighted by Gasteiger charge is -1.59. The molecule has 0 bridgehead atoms. The molecule has 0 saturated carbocycles. The van der Waals surface area contributed by atoms with Crippen LogP contribution in [0.5, 0.6) is 0 Å². The predicted octanol–water partition coefficient (Wildman–Crippen LogP) is 1.05. The van der Waals surface area contributed by atoms with E-state index in [4.69, 9.17) is 9.90 Å². The summed E-state index contributed by atoms with van der Waals surface area (Å²) in [4.78, 5) is 9.00. The Bertz CT molecular complexity index is 74.1. The van der Waals surface area contributed by atoms with Gasteiger partial charge in [-0.3, -0.25) is 4.79 Å². The third-order valence-electron chi connectivity index (χ3n) is 0. The average molecular weight is 100 g/mol. The van der Waals surface area contributed by atoms with Gasteiger partial charge in [0.25, 0.3) is 5.97 Å². The fourth-order valence-electron chi connectivity index (χ4n) is 0. The first-order valence-corrected chi connectivity index (χ1v) is 1.63. The molecule has 0 aromatic heterocycles. The number of carbonyl (C=O) groups is 1. The van der Waals surface area contributed by atoms with Gasteiger partial charge in [0.05, 0.1) is 0 Å². The van der Waals surface area contributed by atoms with Gasteiger partial charge >= 0.3 is 0 Å². The Hall–Kier alpha value is -1.01. The van der Waals surface area contributed by atoms with E-state index in [9.17, 15) is 0 Å². The molecule has 0 aliphatic rings. The molecule has 0 saturated heterocycles. The van der Waals surface area contributed by atoms with Gasteiger partial charge in [0, 0.05) is 6.92 Å². The third-order valence-corrected chi connectivity index (χ3v) is 0. The van der Waals surface area contributed by atoms with Crippen molar-refractivity contribution in [3.05, 3.63) is 18.9 Å². The molecule has 0 spiro atoms. The van der Waals surface area contributed by atoms with Gasteiger partial charge in [0.1, 0.15) is 0 Å². The summed E-state index contributed by atoms with van der Waals surface area (Å²) in [5.74, 6) is -0.833. The first kappa shape index (κ1) is 9.37. The third kappa shape index (κ3) is 43.7. The summed E-state index contributed by atoms with van der Waals surface area (Å²) in [6.45, 7) is 7.33. The number of aliphatic carboxylic acids is 1. The molecule has 2 nitrogen and oxygen atoms in total. The standard InChI is InChI=1S/C3H4.C2H4O2/c1-3-2;1-2(3)4/h1-2H2;1H3,(H,3,4). The molecule has 0 aromatic carbocycles. The Morgan fingerprint density at radius 2 is 1.71 bits per heavy atom. The lowest BCUT2D eigenvalue weighted by Crippen LogP contribution is -1.78. The van der Waals surface area contributed by atoms with Crippen LogP contribution in [0.2, 0.25) is 0 Å². The minimum Gasteiger partial charge on any atom is -0.481 e. The van der Waals surface area contributed by atoms with Crippen molar-refractivity contribution in [2.24, 2.45) is 0 Å². The molecule has 1 N–H and O–H groups in total. The summed E-state index contributed by atoms with van der Waals surface area (Å²) in [6.07, 6.45) is 0. The van der Waals surface area contributed by atoms with Gasteiger partial charge in [0.2, 0.25) is 0 Å². The van der Waals surface area contributed by atoms with E-state index in [-0.39, 0.29) is 0 Å². The summed E-state index contributed by atoms with van der Waals surface area (Å²) < 4.78 is 0. The van der Waals surface area contributed by atoms with Crippen LogP contribution in [0.25, 0.3) is 0 Å². The molecule has 0 unspecified atom stereocenters. The SMILES string of the molecule is C=C=C.CC(=O)O.